The van der Waals surface area contributed by atoms with E-state index in [4.69, 9.17) is 0 Å². The van der Waals surface area contributed by atoms with Crippen molar-refractivity contribution in [2.24, 2.45) is 0 Å². The molecule has 0 bridgehead atoms. The lowest BCUT2D eigenvalue weighted by molar-refractivity contribution is 0.0939. The van der Waals surface area contributed by atoms with Crippen LogP contribution in [0.2, 0.25) is 0 Å². The number of aromatic nitrogens is 2. The number of hydrogen-bond acceptors (Lipinski definition) is 4. The van der Waals surface area contributed by atoms with Gasteiger partial charge in [-0.2, -0.15) is 0 Å². The second-order valence-electron chi connectivity index (χ2n) is 4.29. The molecule has 0 aliphatic rings. The van der Waals surface area contributed by atoms with E-state index in [0.717, 1.165) is 15.6 Å². The molecular weight excluding hydrogens is 262 g/mol. The lowest BCUT2D eigenvalue weighted by Gasteiger charge is -2.12. The van der Waals surface area contributed by atoms with Gasteiger partial charge in [0.15, 0.2) is 0 Å². The molecule has 0 saturated carbocycles. The molecule has 2 aromatic heterocycles. The van der Waals surface area contributed by atoms with Crippen molar-refractivity contribution in [1.82, 2.24) is 15.3 Å². The number of nitrogens with zero attached hydrogens (tertiary/aromatic N) is 1. The maximum Gasteiger partial charge on any atom is 0.260 e. The van der Waals surface area contributed by atoms with Crippen molar-refractivity contribution < 1.29 is 4.79 Å². The fraction of sp³-hybridized carbons (Fsp3) is 0.308. The highest BCUT2D eigenvalue weighted by atomic mass is 32.1. The summed E-state index contributed by atoms with van der Waals surface area (Å²) in [6.45, 7) is 5.73. The van der Waals surface area contributed by atoms with Gasteiger partial charge in [0.05, 0.1) is 16.7 Å². The van der Waals surface area contributed by atoms with Crippen molar-refractivity contribution in [3.63, 3.8) is 0 Å². The Balaban J connectivity index is 2.18. The second kappa shape index (κ2) is 5.36. The van der Waals surface area contributed by atoms with Crippen molar-refractivity contribution in [3.8, 4) is 0 Å². The number of H-pyrrole nitrogens is 1. The molecule has 1 amide bonds. The van der Waals surface area contributed by atoms with E-state index in [1.165, 1.54) is 12.3 Å². The first-order valence-corrected chi connectivity index (χ1v) is 6.73. The Labute approximate surface area is 114 Å². The molecule has 19 heavy (non-hydrogen) atoms. The SMILES string of the molecule is Cc1nc(C)c(C(C)NC(=O)c2ccc[nH]c2=O)s1. The van der Waals surface area contributed by atoms with Crippen LogP contribution in [-0.4, -0.2) is 15.9 Å². The largest absolute Gasteiger partial charge is 0.344 e. The lowest BCUT2D eigenvalue weighted by Crippen LogP contribution is -2.31. The summed E-state index contributed by atoms with van der Waals surface area (Å²) in [4.78, 5) is 31.4. The van der Waals surface area contributed by atoms with Crippen LogP contribution in [0.4, 0.5) is 0 Å². The Bertz CT molecular complexity index is 660. The summed E-state index contributed by atoms with van der Waals surface area (Å²) in [5.74, 6) is -0.375. The van der Waals surface area contributed by atoms with Crippen LogP contribution in [0.5, 0.6) is 0 Å². The minimum atomic E-state index is -0.385. The molecule has 100 valence electrons. The molecule has 1 atom stereocenters. The van der Waals surface area contributed by atoms with Crippen molar-refractivity contribution in [1.29, 1.82) is 0 Å². The van der Waals surface area contributed by atoms with Gasteiger partial charge in [0.25, 0.3) is 11.5 Å². The van der Waals surface area contributed by atoms with Crippen molar-refractivity contribution >= 4 is 17.2 Å². The van der Waals surface area contributed by atoms with Crippen LogP contribution in [-0.2, 0) is 0 Å². The van der Waals surface area contributed by atoms with Gasteiger partial charge in [-0.05, 0) is 32.9 Å². The van der Waals surface area contributed by atoms with Gasteiger partial charge in [-0.1, -0.05) is 0 Å². The molecule has 2 heterocycles. The Hall–Kier alpha value is -1.95. The zero-order chi connectivity index (χ0) is 14.0. The number of carbonyl (C=O) groups excluding carboxylic acids is 1. The number of amides is 1. The summed E-state index contributed by atoms with van der Waals surface area (Å²) < 4.78 is 0. The summed E-state index contributed by atoms with van der Waals surface area (Å²) >= 11 is 1.55. The molecule has 0 aromatic carbocycles. The monoisotopic (exact) mass is 277 g/mol. The minimum Gasteiger partial charge on any atom is -0.344 e. The average Bonchev–Trinajstić information content (AvgIpc) is 2.69. The highest BCUT2D eigenvalue weighted by Gasteiger charge is 2.17. The summed E-state index contributed by atoms with van der Waals surface area (Å²) in [7, 11) is 0. The van der Waals surface area contributed by atoms with Crippen LogP contribution >= 0.6 is 11.3 Å². The molecular formula is C13H15N3O2S. The number of aromatic amines is 1. The van der Waals surface area contributed by atoms with Crippen LogP contribution < -0.4 is 10.9 Å². The summed E-state index contributed by atoms with van der Waals surface area (Å²) in [5.41, 5.74) is 0.648. The molecule has 2 aromatic rings. The van der Waals surface area contributed by atoms with Crippen LogP contribution in [0.15, 0.2) is 23.1 Å². The van der Waals surface area contributed by atoms with E-state index in [0.29, 0.717) is 0 Å². The maximum atomic E-state index is 12.0. The summed E-state index contributed by atoms with van der Waals surface area (Å²) in [6, 6.07) is 2.97. The number of carbonyl (C=O) groups is 1. The first kappa shape index (κ1) is 13.5. The zero-order valence-corrected chi connectivity index (χ0v) is 11.8. The fourth-order valence-electron chi connectivity index (χ4n) is 1.89. The van der Waals surface area contributed by atoms with Gasteiger partial charge in [0, 0.05) is 11.1 Å². The quantitative estimate of drug-likeness (QED) is 0.900. The third kappa shape index (κ3) is 2.90. The normalized spacial score (nSPS) is 12.2. The Morgan fingerprint density at radius 2 is 2.21 bits per heavy atom. The van der Waals surface area contributed by atoms with Gasteiger partial charge in [-0.15, -0.1) is 11.3 Å². The summed E-state index contributed by atoms with van der Waals surface area (Å²) in [6.07, 6.45) is 1.50. The topological polar surface area (TPSA) is 74.8 Å². The number of pyridine rings is 1. The second-order valence-corrected chi connectivity index (χ2v) is 5.53. The molecule has 1 unspecified atom stereocenters. The van der Waals surface area contributed by atoms with Crippen LogP contribution in [0.3, 0.4) is 0 Å². The first-order chi connectivity index (χ1) is 8.99. The van der Waals surface area contributed by atoms with Crippen LogP contribution in [0, 0.1) is 13.8 Å². The third-order valence-corrected chi connectivity index (χ3v) is 4.00. The molecule has 0 fully saturated rings. The van der Waals surface area contributed by atoms with E-state index < -0.39 is 0 Å². The molecule has 0 saturated heterocycles. The van der Waals surface area contributed by atoms with Gasteiger partial charge < -0.3 is 10.3 Å². The minimum absolute atomic E-state index is 0.119. The van der Waals surface area contributed by atoms with Crippen LogP contribution in [0.25, 0.3) is 0 Å². The molecule has 0 aliphatic heterocycles. The predicted octanol–water partition coefficient (Wildman–Crippen LogP) is 1.94. The Morgan fingerprint density at radius 1 is 1.47 bits per heavy atom. The Kier molecular flexibility index (Phi) is 3.80. The van der Waals surface area contributed by atoms with E-state index >= 15 is 0 Å². The van der Waals surface area contributed by atoms with E-state index in [9.17, 15) is 9.59 Å². The third-order valence-electron chi connectivity index (χ3n) is 2.74. The molecule has 5 nitrogen and oxygen atoms in total. The van der Waals surface area contributed by atoms with Crippen LogP contribution in [0.1, 0.15) is 38.9 Å². The van der Waals surface area contributed by atoms with E-state index in [-0.39, 0.29) is 23.1 Å². The number of thiazole rings is 1. The van der Waals surface area contributed by atoms with Gasteiger partial charge in [0.2, 0.25) is 0 Å². The Morgan fingerprint density at radius 3 is 2.79 bits per heavy atom. The average molecular weight is 277 g/mol. The van der Waals surface area contributed by atoms with Crippen molar-refractivity contribution in [3.05, 3.63) is 49.8 Å². The van der Waals surface area contributed by atoms with E-state index in [1.807, 2.05) is 20.8 Å². The number of rotatable bonds is 3. The van der Waals surface area contributed by atoms with Gasteiger partial charge in [0.1, 0.15) is 5.56 Å². The predicted molar refractivity (Wildman–Crippen MR) is 74.5 cm³/mol. The van der Waals surface area contributed by atoms with Crippen molar-refractivity contribution in [2.45, 2.75) is 26.8 Å². The molecule has 6 heteroatoms. The number of nitrogens with one attached hydrogen (secondary N) is 2. The molecule has 0 aliphatic carbocycles. The molecule has 2 N–H and O–H groups in total. The van der Waals surface area contributed by atoms with Gasteiger partial charge >= 0.3 is 0 Å². The highest BCUT2D eigenvalue weighted by Crippen LogP contribution is 2.24. The zero-order valence-electron chi connectivity index (χ0n) is 11.0. The molecule has 2 rings (SSSR count). The number of hydrogen-bond donors (Lipinski definition) is 2. The maximum absolute atomic E-state index is 12.0. The van der Waals surface area contributed by atoms with E-state index in [1.54, 1.807) is 17.4 Å². The highest BCUT2D eigenvalue weighted by molar-refractivity contribution is 7.11. The fourth-order valence-corrected chi connectivity index (χ4v) is 2.82. The molecule has 0 radical (unpaired) electrons. The molecule has 0 spiro atoms. The van der Waals surface area contributed by atoms with Gasteiger partial charge in [-0.3, -0.25) is 9.59 Å². The van der Waals surface area contributed by atoms with Gasteiger partial charge in [-0.25, -0.2) is 4.98 Å². The summed E-state index contributed by atoms with van der Waals surface area (Å²) in [5, 5.41) is 3.78. The first-order valence-electron chi connectivity index (χ1n) is 5.91. The number of aryl methyl sites for hydroxylation is 2. The van der Waals surface area contributed by atoms with E-state index in [2.05, 4.69) is 15.3 Å². The lowest BCUT2D eigenvalue weighted by atomic mass is 10.2. The standard InChI is InChI=1S/C13H15N3O2S/c1-7-11(19-9(3)15-7)8(2)16-13(18)10-5-4-6-14-12(10)17/h4-6,8H,1-3H3,(H,14,17)(H,16,18). The smallest absolute Gasteiger partial charge is 0.260 e. The van der Waals surface area contributed by atoms with Crippen molar-refractivity contribution in [2.75, 3.05) is 0 Å².